The van der Waals surface area contributed by atoms with Gasteiger partial charge in [0.15, 0.2) is 5.11 Å². The van der Waals surface area contributed by atoms with Crippen molar-refractivity contribution in [2.45, 2.75) is 20.8 Å². The lowest BCUT2D eigenvalue weighted by Crippen LogP contribution is -3.14. The Morgan fingerprint density at radius 2 is 2.04 bits per heavy atom. The molecule has 6 heteroatoms. The first-order valence-electron chi connectivity index (χ1n) is 8.13. The average Bonchev–Trinajstić information content (AvgIpc) is 2.56. The predicted octanol–water partition coefficient (Wildman–Crippen LogP) is 0.407. The highest BCUT2D eigenvalue weighted by Gasteiger charge is 2.12. The zero-order chi connectivity index (χ0) is 16.7. The van der Waals surface area contributed by atoms with Crippen LogP contribution in [0.4, 0.5) is 0 Å². The zero-order valence-electron chi connectivity index (χ0n) is 14.2. The normalized spacial score (nSPS) is 16.2. The first-order valence-corrected chi connectivity index (χ1v) is 8.54. The summed E-state index contributed by atoms with van der Waals surface area (Å²) in [4.78, 5) is 1.56. The van der Waals surface area contributed by atoms with Gasteiger partial charge in [0, 0.05) is 5.56 Å². The zero-order valence-corrected chi connectivity index (χ0v) is 15.1. The molecule has 2 rings (SSSR count). The van der Waals surface area contributed by atoms with E-state index in [0.29, 0.717) is 5.11 Å². The molecule has 1 saturated heterocycles. The van der Waals surface area contributed by atoms with E-state index in [4.69, 9.17) is 17.0 Å². The van der Waals surface area contributed by atoms with Crippen molar-refractivity contribution < 1.29 is 9.64 Å². The van der Waals surface area contributed by atoms with Crippen molar-refractivity contribution in [3.8, 4) is 0 Å². The average molecular weight is 335 g/mol. The fourth-order valence-corrected chi connectivity index (χ4v) is 2.77. The van der Waals surface area contributed by atoms with Crippen molar-refractivity contribution >= 4 is 23.0 Å². The summed E-state index contributed by atoms with van der Waals surface area (Å²) in [5.41, 5.74) is 7.48. The summed E-state index contributed by atoms with van der Waals surface area (Å²) in [6, 6.07) is 6.37. The second-order valence-electron chi connectivity index (χ2n) is 6.00. The number of morpholine rings is 1. The van der Waals surface area contributed by atoms with E-state index in [1.165, 1.54) is 11.1 Å². The van der Waals surface area contributed by atoms with Crippen LogP contribution in [0.2, 0.25) is 0 Å². The van der Waals surface area contributed by atoms with Crippen LogP contribution in [0, 0.1) is 13.8 Å². The van der Waals surface area contributed by atoms with Gasteiger partial charge in [-0.25, -0.2) is 0 Å². The van der Waals surface area contributed by atoms with Crippen molar-refractivity contribution in [2.24, 2.45) is 5.10 Å². The maximum atomic E-state index is 5.35. The monoisotopic (exact) mass is 335 g/mol. The molecule has 0 bridgehead atoms. The fraction of sp³-hybridized carbons (Fsp3) is 0.529. The van der Waals surface area contributed by atoms with E-state index in [-0.39, 0.29) is 0 Å². The number of quaternary nitrogens is 1. The van der Waals surface area contributed by atoms with Gasteiger partial charge >= 0.3 is 0 Å². The van der Waals surface area contributed by atoms with Crippen molar-refractivity contribution in [1.29, 1.82) is 0 Å². The lowest BCUT2D eigenvalue weighted by Gasteiger charge is -2.23. The SMILES string of the molecule is C/C(=N/NC(=S)NCC[NH+]1CCOCC1)c1cc(C)ccc1C. The molecule has 0 unspecified atom stereocenters. The molecule has 126 valence electrons. The molecule has 1 heterocycles. The molecule has 1 aliphatic rings. The van der Waals surface area contributed by atoms with Crippen molar-refractivity contribution in [3.63, 3.8) is 0 Å². The minimum Gasteiger partial charge on any atom is -0.370 e. The van der Waals surface area contributed by atoms with Crippen LogP contribution in [0.1, 0.15) is 23.6 Å². The first-order chi connectivity index (χ1) is 11.1. The maximum Gasteiger partial charge on any atom is 0.187 e. The van der Waals surface area contributed by atoms with Crippen molar-refractivity contribution in [2.75, 3.05) is 39.4 Å². The Morgan fingerprint density at radius 1 is 1.30 bits per heavy atom. The number of benzene rings is 1. The number of aryl methyl sites for hydroxylation is 2. The van der Waals surface area contributed by atoms with E-state index >= 15 is 0 Å². The highest BCUT2D eigenvalue weighted by molar-refractivity contribution is 7.80. The van der Waals surface area contributed by atoms with E-state index in [2.05, 4.69) is 47.9 Å². The van der Waals surface area contributed by atoms with E-state index in [0.717, 1.165) is 50.7 Å². The van der Waals surface area contributed by atoms with Crippen LogP contribution in [0.5, 0.6) is 0 Å². The lowest BCUT2D eigenvalue weighted by molar-refractivity contribution is -0.906. The number of thiocarbonyl (C=S) groups is 1. The van der Waals surface area contributed by atoms with Gasteiger partial charge in [-0.1, -0.05) is 17.7 Å². The van der Waals surface area contributed by atoms with Gasteiger partial charge in [0.25, 0.3) is 0 Å². The Hall–Kier alpha value is -1.50. The van der Waals surface area contributed by atoms with Gasteiger partial charge in [-0.05, 0) is 44.6 Å². The van der Waals surface area contributed by atoms with Gasteiger partial charge in [-0.15, -0.1) is 0 Å². The topological polar surface area (TPSA) is 50.1 Å². The van der Waals surface area contributed by atoms with Crippen LogP contribution in [0.3, 0.4) is 0 Å². The number of nitrogens with one attached hydrogen (secondary N) is 3. The third kappa shape index (κ3) is 5.89. The van der Waals surface area contributed by atoms with Crippen LogP contribution in [0.25, 0.3) is 0 Å². The molecule has 1 fully saturated rings. The molecule has 0 radical (unpaired) electrons. The Labute approximate surface area is 144 Å². The van der Waals surface area contributed by atoms with Crippen molar-refractivity contribution in [3.05, 3.63) is 34.9 Å². The van der Waals surface area contributed by atoms with E-state index in [1.54, 1.807) is 4.90 Å². The summed E-state index contributed by atoms with van der Waals surface area (Å²) in [5.74, 6) is 0. The number of ether oxygens (including phenoxy) is 1. The lowest BCUT2D eigenvalue weighted by atomic mass is 10.0. The second-order valence-corrected chi connectivity index (χ2v) is 6.40. The van der Waals surface area contributed by atoms with E-state index in [9.17, 15) is 0 Å². The molecule has 0 amide bonds. The van der Waals surface area contributed by atoms with Gasteiger partial charge in [0.2, 0.25) is 0 Å². The summed E-state index contributed by atoms with van der Waals surface area (Å²) in [6.45, 7) is 11.9. The first kappa shape index (κ1) is 17.8. The standard InChI is InChI=1S/C17H26N4OS/c1-13-4-5-14(2)16(12-13)15(3)19-20-17(23)18-6-7-21-8-10-22-11-9-21/h4-5,12H,6-11H2,1-3H3,(H2,18,20,23)/p+1/b19-15-. The highest BCUT2D eigenvalue weighted by atomic mass is 32.1. The highest BCUT2D eigenvalue weighted by Crippen LogP contribution is 2.11. The number of rotatable bonds is 5. The molecule has 1 aromatic rings. The van der Waals surface area contributed by atoms with E-state index < -0.39 is 0 Å². The summed E-state index contributed by atoms with van der Waals surface area (Å²) < 4.78 is 5.35. The molecule has 23 heavy (non-hydrogen) atoms. The van der Waals surface area contributed by atoms with Gasteiger partial charge in [-0.2, -0.15) is 5.10 Å². The van der Waals surface area contributed by atoms with Crippen LogP contribution < -0.4 is 15.6 Å². The largest absolute Gasteiger partial charge is 0.370 e. The molecule has 0 aromatic heterocycles. The molecule has 5 nitrogen and oxygen atoms in total. The summed E-state index contributed by atoms with van der Waals surface area (Å²) in [6.07, 6.45) is 0. The third-order valence-corrected chi connectivity index (χ3v) is 4.31. The molecule has 0 spiro atoms. The molecular weight excluding hydrogens is 308 g/mol. The summed E-state index contributed by atoms with van der Waals surface area (Å²) >= 11 is 5.28. The van der Waals surface area contributed by atoms with Gasteiger partial charge in [-0.3, -0.25) is 5.43 Å². The van der Waals surface area contributed by atoms with Gasteiger partial charge < -0.3 is 15.0 Å². The number of hydrogen-bond acceptors (Lipinski definition) is 3. The molecule has 1 aliphatic heterocycles. The Bertz CT molecular complexity index is 568. The van der Waals surface area contributed by atoms with E-state index in [1.807, 2.05) is 6.92 Å². The fourth-order valence-electron chi connectivity index (χ4n) is 2.62. The minimum absolute atomic E-state index is 0.572. The summed E-state index contributed by atoms with van der Waals surface area (Å²) in [5, 5.41) is 8.18. The molecule has 0 saturated carbocycles. The molecule has 3 N–H and O–H groups in total. The quantitative estimate of drug-likeness (QED) is 0.414. The van der Waals surface area contributed by atoms with Crippen LogP contribution >= 0.6 is 12.2 Å². The van der Waals surface area contributed by atoms with Crippen LogP contribution in [0.15, 0.2) is 23.3 Å². The number of hydrazone groups is 1. The van der Waals surface area contributed by atoms with Crippen molar-refractivity contribution in [1.82, 2.24) is 10.7 Å². The number of hydrogen-bond donors (Lipinski definition) is 3. The Balaban J connectivity index is 1.77. The molecular formula is C17H27N4OS+. The molecule has 0 aliphatic carbocycles. The Kier molecular flexibility index (Phi) is 6.95. The summed E-state index contributed by atoms with van der Waals surface area (Å²) in [7, 11) is 0. The predicted molar refractivity (Wildman–Crippen MR) is 98.2 cm³/mol. The third-order valence-electron chi connectivity index (χ3n) is 4.07. The minimum atomic E-state index is 0.572. The molecule has 1 aromatic carbocycles. The smallest absolute Gasteiger partial charge is 0.187 e. The molecule has 0 atom stereocenters. The van der Waals surface area contributed by atoms with Gasteiger partial charge in [0.05, 0.1) is 32.0 Å². The van der Waals surface area contributed by atoms with Crippen LogP contribution in [-0.2, 0) is 4.74 Å². The number of nitrogens with zero attached hydrogens (tertiary/aromatic N) is 1. The second kappa shape index (κ2) is 8.96. The van der Waals surface area contributed by atoms with Crippen LogP contribution in [-0.4, -0.2) is 50.2 Å². The van der Waals surface area contributed by atoms with Gasteiger partial charge in [0.1, 0.15) is 13.1 Å². The maximum absolute atomic E-state index is 5.35. The Morgan fingerprint density at radius 3 is 2.78 bits per heavy atom.